The van der Waals surface area contributed by atoms with E-state index < -0.39 is 12.1 Å². The zero-order valence-corrected chi connectivity index (χ0v) is 12.4. The normalized spacial score (nSPS) is 12.2. The molecule has 0 unspecified atom stereocenters. The number of H-pyrrole nitrogens is 1. The van der Waals surface area contributed by atoms with Crippen LogP contribution < -0.4 is 9.84 Å². The van der Waals surface area contributed by atoms with Crippen molar-refractivity contribution in [3.05, 3.63) is 65.9 Å². The number of ether oxygens (including phenoxy) is 1. The average molecular weight is 310 g/mol. The molecular formula is C18H16NO4-. The zero-order valence-electron chi connectivity index (χ0n) is 12.4. The molecule has 3 rings (SSSR count). The van der Waals surface area contributed by atoms with Gasteiger partial charge in [0.25, 0.3) is 0 Å². The van der Waals surface area contributed by atoms with E-state index in [1.165, 1.54) is 0 Å². The molecule has 0 radical (unpaired) electrons. The van der Waals surface area contributed by atoms with Crippen LogP contribution >= 0.6 is 0 Å². The Morgan fingerprint density at radius 1 is 1.22 bits per heavy atom. The predicted molar refractivity (Wildman–Crippen MR) is 83.8 cm³/mol. The van der Waals surface area contributed by atoms with Gasteiger partial charge in [-0.25, -0.2) is 0 Å². The maximum atomic E-state index is 10.7. The minimum atomic E-state index is -1.53. The van der Waals surface area contributed by atoms with Crippen molar-refractivity contribution in [2.24, 2.45) is 0 Å². The van der Waals surface area contributed by atoms with Crippen LogP contribution in [-0.4, -0.2) is 22.2 Å². The summed E-state index contributed by atoms with van der Waals surface area (Å²) in [5.41, 5.74) is 2.63. The van der Waals surface area contributed by atoms with Gasteiger partial charge in [0.2, 0.25) is 0 Å². The van der Waals surface area contributed by atoms with E-state index in [0.29, 0.717) is 17.9 Å². The Bertz CT molecular complexity index is 810. The number of aliphatic hydroxyl groups excluding tert-OH is 1. The summed E-state index contributed by atoms with van der Waals surface area (Å²) >= 11 is 0. The van der Waals surface area contributed by atoms with Crippen LogP contribution in [0.5, 0.6) is 5.75 Å². The summed E-state index contributed by atoms with van der Waals surface area (Å²) in [5.74, 6) is -0.791. The summed E-state index contributed by atoms with van der Waals surface area (Å²) in [6, 6.07) is 15.4. The van der Waals surface area contributed by atoms with E-state index in [0.717, 1.165) is 16.5 Å². The molecule has 0 amide bonds. The second kappa shape index (κ2) is 6.54. The first kappa shape index (κ1) is 15.1. The van der Waals surface area contributed by atoms with Crippen molar-refractivity contribution in [3.8, 4) is 5.75 Å². The van der Waals surface area contributed by atoms with Gasteiger partial charge in [-0.15, -0.1) is 0 Å². The summed E-state index contributed by atoms with van der Waals surface area (Å²) in [4.78, 5) is 13.7. The number of aromatic nitrogens is 1. The lowest BCUT2D eigenvalue weighted by atomic mass is 10.1. The van der Waals surface area contributed by atoms with Crippen molar-refractivity contribution < 1.29 is 19.7 Å². The first-order valence-corrected chi connectivity index (χ1v) is 7.29. The molecule has 23 heavy (non-hydrogen) atoms. The molecule has 2 aromatic carbocycles. The topological polar surface area (TPSA) is 85.4 Å². The highest BCUT2D eigenvalue weighted by molar-refractivity contribution is 5.85. The Balaban J connectivity index is 1.78. The molecule has 3 aromatic rings. The molecule has 1 atom stereocenters. The van der Waals surface area contributed by atoms with Gasteiger partial charge in [-0.3, -0.25) is 0 Å². The number of aliphatic carboxylic acids is 1. The molecule has 0 aliphatic rings. The van der Waals surface area contributed by atoms with Crippen LogP contribution in [0.25, 0.3) is 10.9 Å². The number of carboxylic acids is 1. The number of fused-ring (bicyclic) bond motifs is 1. The Labute approximate surface area is 133 Å². The number of carboxylic acid groups (broad SMARTS) is 1. The number of rotatable bonds is 6. The van der Waals surface area contributed by atoms with Gasteiger partial charge < -0.3 is 24.7 Å². The maximum absolute atomic E-state index is 10.7. The number of hydrogen-bond acceptors (Lipinski definition) is 4. The fourth-order valence-electron chi connectivity index (χ4n) is 2.45. The maximum Gasteiger partial charge on any atom is 0.120 e. The van der Waals surface area contributed by atoms with Crippen LogP contribution in [-0.2, 0) is 17.8 Å². The third kappa shape index (κ3) is 3.52. The highest BCUT2D eigenvalue weighted by Gasteiger charge is 2.11. The van der Waals surface area contributed by atoms with Crippen molar-refractivity contribution in [2.75, 3.05) is 0 Å². The average Bonchev–Trinajstić information content (AvgIpc) is 2.96. The van der Waals surface area contributed by atoms with Gasteiger partial charge in [0.1, 0.15) is 12.4 Å². The molecule has 0 saturated carbocycles. The fourth-order valence-corrected chi connectivity index (χ4v) is 2.45. The molecule has 0 aliphatic heterocycles. The fraction of sp³-hybridized carbons (Fsp3) is 0.167. The van der Waals surface area contributed by atoms with E-state index in [-0.39, 0.29) is 6.42 Å². The molecule has 1 heterocycles. The standard InChI is InChI=1S/C18H17NO4/c20-17(18(21)22)8-13-10-19-16-7-6-14(9-15(13)16)23-11-12-4-2-1-3-5-12/h1-7,9-10,17,19-20H,8,11H2,(H,21,22)/p-1/t17-/m1/s1. The van der Waals surface area contributed by atoms with Crippen molar-refractivity contribution >= 4 is 16.9 Å². The minimum Gasteiger partial charge on any atom is -0.547 e. The van der Waals surface area contributed by atoms with Crippen molar-refractivity contribution in [3.63, 3.8) is 0 Å². The van der Waals surface area contributed by atoms with Gasteiger partial charge in [0.05, 0.1) is 12.1 Å². The molecule has 2 N–H and O–H groups in total. The SMILES string of the molecule is O=C([O-])[C@H](O)Cc1c[nH]c2ccc(OCc3ccccc3)cc12. The van der Waals surface area contributed by atoms with Gasteiger partial charge in [-0.2, -0.15) is 0 Å². The first-order valence-electron chi connectivity index (χ1n) is 7.29. The van der Waals surface area contributed by atoms with Crippen molar-refractivity contribution in [1.29, 1.82) is 0 Å². The zero-order chi connectivity index (χ0) is 16.2. The predicted octanol–water partition coefficient (Wildman–Crippen LogP) is 1.40. The molecule has 5 nitrogen and oxygen atoms in total. The molecule has 0 spiro atoms. The summed E-state index contributed by atoms with van der Waals surface area (Å²) in [5, 5.41) is 21.0. The molecular weight excluding hydrogens is 294 g/mol. The third-order valence-corrected chi connectivity index (χ3v) is 3.67. The number of aliphatic hydroxyl groups is 1. The van der Waals surface area contributed by atoms with Crippen LogP contribution in [0.4, 0.5) is 0 Å². The third-order valence-electron chi connectivity index (χ3n) is 3.67. The quantitative estimate of drug-likeness (QED) is 0.720. The molecule has 0 bridgehead atoms. The summed E-state index contributed by atoms with van der Waals surface area (Å²) in [6.45, 7) is 0.452. The van der Waals surface area contributed by atoms with E-state index in [4.69, 9.17) is 4.74 Å². The lowest BCUT2D eigenvalue weighted by molar-refractivity contribution is -0.314. The largest absolute Gasteiger partial charge is 0.547 e. The number of hydrogen-bond donors (Lipinski definition) is 2. The lowest BCUT2D eigenvalue weighted by Gasteiger charge is -2.11. The molecule has 0 saturated heterocycles. The monoisotopic (exact) mass is 310 g/mol. The highest BCUT2D eigenvalue weighted by atomic mass is 16.5. The Kier molecular flexibility index (Phi) is 4.30. The molecule has 0 aliphatic carbocycles. The highest BCUT2D eigenvalue weighted by Crippen LogP contribution is 2.25. The smallest absolute Gasteiger partial charge is 0.120 e. The van der Waals surface area contributed by atoms with E-state index in [2.05, 4.69) is 4.98 Å². The lowest BCUT2D eigenvalue weighted by Crippen LogP contribution is -2.36. The summed E-state index contributed by atoms with van der Waals surface area (Å²) in [7, 11) is 0. The summed E-state index contributed by atoms with van der Waals surface area (Å²) < 4.78 is 5.77. The molecule has 5 heteroatoms. The Morgan fingerprint density at radius 3 is 2.74 bits per heavy atom. The van der Waals surface area contributed by atoms with Crippen LogP contribution in [0, 0.1) is 0 Å². The number of carbonyl (C=O) groups is 1. The van der Waals surface area contributed by atoms with Gasteiger partial charge >= 0.3 is 0 Å². The molecule has 0 fully saturated rings. The van der Waals surface area contributed by atoms with Gasteiger partial charge in [-0.05, 0) is 29.3 Å². The van der Waals surface area contributed by atoms with Crippen LogP contribution in [0.1, 0.15) is 11.1 Å². The van der Waals surface area contributed by atoms with Crippen molar-refractivity contribution in [1.82, 2.24) is 4.98 Å². The van der Waals surface area contributed by atoms with Crippen molar-refractivity contribution in [2.45, 2.75) is 19.1 Å². The van der Waals surface area contributed by atoms with E-state index in [9.17, 15) is 15.0 Å². The summed E-state index contributed by atoms with van der Waals surface area (Å²) in [6.07, 6.45) is 0.158. The molecule has 118 valence electrons. The number of carbonyl (C=O) groups excluding carboxylic acids is 1. The van der Waals surface area contributed by atoms with E-state index in [1.54, 1.807) is 6.20 Å². The van der Waals surface area contributed by atoms with Gasteiger partial charge in [0, 0.05) is 23.5 Å². The number of aromatic amines is 1. The Morgan fingerprint density at radius 2 is 2.00 bits per heavy atom. The Hall–Kier alpha value is -2.79. The van der Waals surface area contributed by atoms with Gasteiger partial charge in [0.15, 0.2) is 0 Å². The van der Waals surface area contributed by atoms with Gasteiger partial charge in [-0.1, -0.05) is 30.3 Å². The minimum absolute atomic E-state index is 0.00945. The van der Waals surface area contributed by atoms with E-state index >= 15 is 0 Å². The first-order chi connectivity index (χ1) is 11.1. The van der Waals surface area contributed by atoms with Crippen LogP contribution in [0.15, 0.2) is 54.7 Å². The van der Waals surface area contributed by atoms with Crippen LogP contribution in [0.2, 0.25) is 0 Å². The number of nitrogens with one attached hydrogen (secondary N) is 1. The number of benzene rings is 2. The molecule has 1 aromatic heterocycles. The van der Waals surface area contributed by atoms with Crippen LogP contribution in [0.3, 0.4) is 0 Å². The van der Waals surface area contributed by atoms with E-state index in [1.807, 2.05) is 48.5 Å². The second-order valence-corrected chi connectivity index (χ2v) is 5.33. The second-order valence-electron chi connectivity index (χ2n) is 5.33.